The van der Waals surface area contributed by atoms with Gasteiger partial charge >= 0.3 is 6.18 Å². The Morgan fingerprint density at radius 1 is 1.24 bits per heavy atom. The minimum atomic E-state index is -4.67. The highest BCUT2D eigenvalue weighted by atomic mass is 32.1. The van der Waals surface area contributed by atoms with Gasteiger partial charge in [0.1, 0.15) is 16.5 Å². The molecule has 0 saturated heterocycles. The van der Waals surface area contributed by atoms with E-state index in [-0.39, 0.29) is 5.69 Å². The van der Waals surface area contributed by atoms with Gasteiger partial charge in [0.15, 0.2) is 0 Å². The SMILES string of the molecule is COc1ccc(-c2nc(C(=O)Nc3n[nH]c(C(F)(F)F)n3)cs2)cc1. The second kappa shape index (κ2) is 6.51. The quantitative estimate of drug-likeness (QED) is 0.737. The molecule has 2 N–H and O–H groups in total. The molecule has 11 heteroatoms. The zero-order chi connectivity index (χ0) is 18.0. The Morgan fingerprint density at radius 2 is 1.96 bits per heavy atom. The van der Waals surface area contributed by atoms with Gasteiger partial charge in [0.25, 0.3) is 5.91 Å². The zero-order valence-corrected chi connectivity index (χ0v) is 13.4. The Bertz CT molecular complexity index is 889. The summed E-state index contributed by atoms with van der Waals surface area (Å²) in [4.78, 5) is 19.4. The Hall–Kier alpha value is -2.95. The molecule has 0 unspecified atom stereocenters. The highest BCUT2D eigenvalue weighted by Gasteiger charge is 2.35. The van der Waals surface area contributed by atoms with E-state index in [1.54, 1.807) is 36.5 Å². The van der Waals surface area contributed by atoms with E-state index >= 15 is 0 Å². The first-order valence-electron chi connectivity index (χ1n) is 6.77. The average molecular weight is 369 g/mol. The van der Waals surface area contributed by atoms with E-state index in [0.717, 1.165) is 5.56 Å². The number of carbonyl (C=O) groups excluding carboxylic acids is 1. The second-order valence-electron chi connectivity index (χ2n) is 4.73. The van der Waals surface area contributed by atoms with E-state index in [1.807, 2.05) is 0 Å². The summed E-state index contributed by atoms with van der Waals surface area (Å²) in [6, 6.07) is 7.07. The minimum Gasteiger partial charge on any atom is -0.497 e. The lowest BCUT2D eigenvalue weighted by molar-refractivity contribution is -0.144. The van der Waals surface area contributed by atoms with Gasteiger partial charge in [0.2, 0.25) is 11.8 Å². The Balaban J connectivity index is 1.73. The van der Waals surface area contributed by atoms with Crippen molar-refractivity contribution in [2.24, 2.45) is 0 Å². The maximum Gasteiger partial charge on any atom is 0.451 e. The third-order valence-electron chi connectivity index (χ3n) is 3.05. The number of alkyl halides is 3. The topological polar surface area (TPSA) is 92.8 Å². The van der Waals surface area contributed by atoms with Crippen LogP contribution in [0.5, 0.6) is 5.75 Å². The van der Waals surface area contributed by atoms with Crippen molar-refractivity contribution in [2.45, 2.75) is 6.18 Å². The number of aromatic amines is 1. The van der Waals surface area contributed by atoms with Crippen LogP contribution < -0.4 is 10.1 Å². The first-order valence-corrected chi connectivity index (χ1v) is 7.65. The number of methoxy groups -OCH3 is 1. The molecule has 0 aliphatic heterocycles. The first-order chi connectivity index (χ1) is 11.9. The molecule has 0 aliphatic carbocycles. The smallest absolute Gasteiger partial charge is 0.451 e. The molecule has 130 valence electrons. The van der Waals surface area contributed by atoms with Crippen LogP contribution in [-0.4, -0.2) is 33.2 Å². The van der Waals surface area contributed by atoms with Gasteiger partial charge in [0, 0.05) is 10.9 Å². The Labute approximate surface area is 142 Å². The van der Waals surface area contributed by atoms with E-state index in [0.29, 0.717) is 10.8 Å². The number of nitrogens with one attached hydrogen (secondary N) is 2. The van der Waals surface area contributed by atoms with Crippen molar-refractivity contribution >= 4 is 23.2 Å². The van der Waals surface area contributed by atoms with Crippen molar-refractivity contribution in [3.63, 3.8) is 0 Å². The molecule has 7 nitrogen and oxygen atoms in total. The normalized spacial score (nSPS) is 11.4. The molecule has 1 aromatic carbocycles. The fourth-order valence-corrected chi connectivity index (χ4v) is 2.66. The van der Waals surface area contributed by atoms with E-state index in [1.165, 1.54) is 16.7 Å². The van der Waals surface area contributed by atoms with E-state index in [2.05, 4.69) is 20.4 Å². The van der Waals surface area contributed by atoms with Gasteiger partial charge in [-0.3, -0.25) is 15.2 Å². The van der Waals surface area contributed by atoms with Gasteiger partial charge in [-0.1, -0.05) is 0 Å². The van der Waals surface area contributed by atoms with E-state index < -0.39 is 23.9 Å². The van der Waals surface area contributed by atoms with Crippen LogP contribution in [-0.2, 0) is 6.18 Å². The largest absolute Gasteiger partial charge is 0.497 e. The summed E-state index contributed by atoms with van der Waals surface area (Å²) in [5.41, 5.74) is 0.830. The minimum absolute atomic E-state index is 0.0502. The Kier molecular flexibility index (Phi) is 4.40. The van der Waals surface area contributed by atoms with Gasteiger partial charge in [-0.05, 0) is 24.3 Å². The monoisotopic (exact) mass is 369 g/mol. The van der Waals surface area contributed by atoms with Crippen LogP contribution in [0.15, 0.2) is 29.6 Å². The summed E-state index contributed by atoms with van der Waals surface area (Å²) in [5, 5.41) is 9.26. The number of H-pyrrole nitrogens is 1. The predicted molar refractivity (Wildman–Crippen MR) is 83.4 cm³/mol. The van der Waals surface area contributed by atoms with Crippen LogP contribution in [0.25, 0.3) is 10.6 Å². The summed E-state index contributed by atoms with van der Waals surface area (Å²) in [5.74, 6) is -1.79. The van der Waals surface area contributed by atoms with Crippen molar-refractivity contribution in [2.75, 3.05) is 12.4 Å². The van der Waals surface area contributed by atoms with Crippen molar-refractivity contribution in [1.29, 1.82) is 0 Å². The molecule has 0 spiro atoms. The molecule has 25 heavy (non-hydrogen) atoms. The number of rotatable bonds is 4. The number of nitrogens with zero attached hydrogens (tertiary/aromatic N) is 3. The van der Waals surface area contributed by atoms with Crippen molar-refractivity contribution in [3.05, 3.63) is 41.2 Å². The van der Waals surface area contributed by atoms with Gasteiger partial charge in [-0.2, -0.15) is 18.2 Å². The molecule has 0 atom stereocenters. The number of anilines is 1. The van der Waals surface area contributed by atoms with Gasteiger partial charge in [0.05, 0.1) is 7.11 Å². The second-order valence-corrected chi connectivity index (χ2v) is 5.58. The average Bonchev–Trinajstić information content (AvgIpc) is 3.24. The standard InChI is InChI=1S/C14H10F3N5O2S/c1-24-8-4-2-7(3-5-8)11-18-9(6-25-11)10(23)19-13-20-12(21-22-13)14(15,16)17/h2-6H,1H3,(H2,19,20,21,22,23). The summed E-state index contributed by atoms with van der Waals surface area (Å²) in [7, 11) is 1.55. The summed E-state index contributed by atoms with van der Waals surface area (Å²) in [6.07, 6.45) is -4.67. The summed E-state index contributed by atoms with van der Waals surface area (Å²) in [6.45, 7) is 0. The predicted octanol–water partition coefficient (Wildman–Crippen LogP) is 3.21. The molecule has 0 bridgehead atoms. The highest BCUT2D eigenvalue weighted by molar-refractivity contribution is 7.13. The van der Waals surface area contributed by atoms with Crippen LogP contribution >= 0.6 is 11.3 Å². The third kappa shape index (κ3) is 3.76. The molecule has 3 rings (SSSR count). The van der Waals surface area contributed by atoms with Crippen molar-refractivity contribution in [3.8, 4) is 16.3 Å². The van der Waals surface area contributed by atoms with Crippen LogP contribution in [0.4, 0.5) is 19.1 Å². The molecule has 2 heterocycles. The molecule has 1 amide bonds. The number of carbonyl (C=O) groups is 1. The van der Waals surface area contributed by atoms with Crippen LogP contribution in [0, 0.1) is 0 Å². The number of hydrogen-bond acceptors (Lipinski definition) is 6. The highest BCUT2D eigenvalue weighted by Crippen LogP contribution is 2.27. The molecule has 0 saturated carbocycles. The molecule has 2 aromatic heterocycles. The van der Waals surface area contributed by atoms with Crippen molar-refractivity contribution < 1.29 is 22.7 Å². The molecule has 3 aromatic rings. The first kappa shape index (κ1) is 16.9. The molecular formula is C14H10F3N5O2S. The number of halogens is 3. The third-order valence-corrected chi connectivity index (χ3v) is 3.94. The maximum atomic E-state index is 12.4. The number of hydrogen-bond donors (Lipinski definition) is 2. The number of ether oxygens (including phenoxy) is 1. The molecule has 0 aliphatic rings. The lowest BCUT2D eigenvalue weighted by atomic mass is 10.2. The van der Waals surface area contributed by atoms with E-state index in [4.69, 9.17) is 4.74 Å². The summed E-state index contributed by atoms with van der Waals surface area (Å²) < 4.78 is 42.4. The molecular weight excluding hydrogens is 359 g/mol. The van der Waals surface area contributed by atoms with Gasteiger partial charge in [-0.25, -0.2) is 4.98 Å². The van der Waals surface area contributed by atoms with Gasteiger partial charge in [-0.15, -0.1) is 16.4 Å². The molecule has 0 fully saturated rings. The number of aromatic nitrogens is 4. The number of amides is 1. The fourth-order valence-electron chi connectivity index (χ4n) is 1.85. The van der Waals surface area contributed by atoms with Crippen molar-refractivity contribution in [1.82, 2.24) is 20.2 Å². The molecule has 0 radical (unpaired) electrons. The van der Waals surface area contributed by atoms with E-state index in [9.17, 15) is 18.0 Å². The lowest BCUT2D eigenvalue weighted by Gasteiger charge is -2.00. The number of benzene rings is 1. The van der Waals surface area contributed by atoms with Crippen LogP contribution in [0.1, 0.15) is 16.3 Å². The summed E-state index contributed by atoms with van der Waals surface area (Å²) >= 11 is 1.22. The Morgan fingerprint density at radius 3 is 2.56 bits per heavy atom. The fraction of sp³-hybridized carbons (Fsp3) is 0.143. The maximum absolute atomic E-state index is 12.4. The van der Waals surface area contributed by atoms with Crippen LogP contribution in [0.2, 0.25) is 0 Å². The lowest BCUT2D eigenvalue weighted by Crippen LogP contribution is -2.14. The van der Waals surface area contributed by atoms with Gasteiger partial charge < -0.3 is 4.74 Å². The number of thiazole rings is 1. The zero-order valence-electron chi connectivity index (χ0n) is 12.6. The van der Waals surface area contributed by atoms with Crippen LogP contribution in [0.3, 0.4) is 0 Å².